The predicted octanol–water partition coefficient (Wildman–Crippen LogP) is 1.60. The first-order chi connectivity index (χ1) is 12.0. The van der Waals surface area contributed by atoms with Crippen LogP contribution >= 0.6 is 0 Å². The minimum atomic E-state index is -0.469. The summed E-state index contributed by atoms with van der Waals surface area (Å²) in [6.07, 6.45) is 2.99. The minimum Gasteiger partial charge on any atom is -0.339 e. The van der Waals surface area contributed by atoms with E-state index in [1.54, 1.807) is 28.9 Å². The lowest BCUT2D eigenvalue weighted by Gasteiger charge is -2.40. The third-order valence-corrected chi connectivity index (χ3v) is 4.39. The number of piperazine rings is 1. The van der Waals surface area contributed by atoms with Crippen LogP contribution in [0.15, 0.2) is 36.9 Å². The van der Waals surface area contributed by atoms with Gasteiger partial charge in [-0.25, -0.2) is 9.67 Å². The summed E-state index contributed by atoms with van der Waals surface area (Å²) in [5.41, 5.74) is 1.18. The molecular formula is C18H23N5O2. The summed E-state index contributed by atoms with van der Waals surface area (Å²) in [7, 11) is 0. The number of hydrogen-bond acceptors (Lipinski definition) is 4. The summed E-state index contributed by atoms with van der Waals surface area (Å²) in [4.78, 5) is 33.2. The maximum atomic E-state index is 13.1. The molecule has 0 spiro atoms. The highest BCUT2D eigenvalue weighted by molar-refractivity contribution is 6.00. The van der Waals surface area contributed by atoms with Gasteiger partial charge in [0.25, 0.3) is 5.91 Å². The maximum absolute atomic E-state index is 13.1. The Labute approximate surface area is 147 Å². The van der Waals surface area contributed by atoms with Gasteiger partial charge >= 0.3 is 0 Å². The van der Waals surface area contributed by atoms with Gasteiger partial charge in [0, 0.05) is 19.6 Å². The number of aromatic nitrogens is 3. The van der Waals surface area contributed by atoms with Crippen LogP contribution in [0.1, 0.15) is 31.1 Å². The largest absolute Gasteiger partial charge is 0.339 e. The molecule has 0 radical (unpaired) electrons. The lowest BCUT2D eigenvalue weighted by molar-refractivity contribution is -0.140. The molecule has 2 amide bonds. The van der Waals surface area contributed by atoms with E-state index in [4.69, 9.17) is 0 Å². The Bertz CT molecular complexity index is 757. The van der Waals surface area contributed by atoms with E-state index in [1.807, 2.05) is 23.1 Å². The lowest BCUT2D eigenvalue weighted by atomic mass is 10.1. The van der Waals surface area contributed by atoms with Gasteiger partial charge in [-0.2, -0.15) is 5.10 Å². The highest BCUT2D eigenvalue weighted by Gasteiger charge is 2.35. The van der Waals surface area contributed by atoms with Crippen LogP contribution in [0.3, 0.4) is 0 Å². The Morgan fingerprint density at radius 1 is 1.28 bits per heavy atom. The van der Waals surface area contributed by atoms with Crippen LogP contribution < -0.4 is 0 Å². The van der Waals surface area contributed by atoms with Gasteiger partial charge in [0.1, 0.15) is 18.7 Å². The molecule has 132 valence electrons. The molecule has 0 bridgehead atoms. The summed E-state index contributed by atoms with van der Waals surface area (Å²) >= 11 is 0. The van der Waals surface area contributed by atoms with Gasteiger partial charge in [-0.15, -0.1) is 0 Å². The van der Waals surface area contributed by atoms with Crippen molar-refractivity contribution in [2.75, 3.05) is 19.6 Å². The third kappa shape index (κ3) is 3.40. The van der Waals surface area contributed by atoms with E-state index in [0.29, 0.717) is 30.3 Å². The van der Waals surface area contributed by atoms with Crippen molar-refractivity contribution >= 4 is 11.8 Å². The molecule has 7 heteroatoms. The van der Waals surface area contributed by atoms with Crippen LogP contribution in [0.5, 0.6) is 0 Å². The molecular weight excluding hydrogens is 318 g/mol. The molecule has 0 saturated carbocycles. The first kappa shape index (κ1) is 17.1. The molecule has 2 aromatic rings. The van der Waals surface area contributed by atoms with Crippen molar-refractivity contribution in [3.8, 4) is 5.69 Å². The molecule has 1 aromatic carbocycles. The predicted molar refractivity (Wildman–Crippen MR) is 93.3 cm³/mol. The van der Waals surface area contributed by atoms with Crippen molar-refractivity contribution < 1.29 is 9.59 Å². The number of amides is 2. The van der Waals surface area contributed by atoms with Gasteiger partial charge in [0.2, 0.25) is 5.91 Å². The van der Waals surface area contributed by atoms with Crippen molar-refractivity contribution in [1.29, 1.82) is 0 Å². The molecule has 7 nitrogen and oxygen atoms in total. The Morgan fingerprint density at radius 3 is 2.72 bits per heavy atom. The highest BCUT2D eigenvalue weighted by Crippen LogP contribution is 2.20. The van der Waals surface area contributed by atoms with E-state index in [-0.39, 0.29) is 11.8 Å². The molecule has 0 aliphatic carbocycles. The Morgan fingerprint density at radius 2 is 2.04 bits per heavy atom. The van der Waals surface area contributed by atoms with Crippen LogP contribution in [-0.4, -0.2) is 62.1 Å². The highest BCUT2D eigenvalue weighted by atomic mass is 16.2. The quantitative estimate of drug-likeness (QED) is 0.847. The Balaban J connectivity index is 1.84. The number of para-hydroxylation sites is 1. The second kappa shape index (κ2) is 7.04. The number of benzene rings is 1. The zero-order valence-electron chi connectivity index (χ0n) is 14.8. The van der Waals surface area contributed by atoms with Crippen molar-refractivity contribution in [3.63, 3.8) is 0 Å². The minimum absolute atomic E-state index is 0.00605. The van der Waals surface area contributed by atoms with Crippen molar-refractivity contribution in [1.82, 2.24) is 24.6 Å². The average molecular weight is 341 g/mol. The molecule has 1 fully saturated rings. The first-order valence-electron chi connectivity index (χ1n) is 8.53. The number of carbonyl (C=O) groups excluding carboxylic acids is 2. The fourth-order valence-corrected chi connectivity index (χ4v) is 3.17. The molecule has 1 atom stereocenters. The summed E-state index contributed by atoms with van der Waals surface area (Å²) in [6.45, 7) is 7.79. The van der Waals surface area contributed by atoms with E-state index in [9.17, 15) is 9.59 Å². The van der Waals surface area contributed by atoms with E-state index < -0.39 is 6.04 Å². The van der Waals surface area contributed by atoms with E-state index in [2.05, 4.69) is 23.9 Å². The summed E-state index contributed by atoms with van der Waals surface area (Å²) in [5.74, 6) is 0.258. The summed E-state index contributed by atoms with van der Waals surface area (Å²) in [6, 6.07) is 6.78. The number of hydrogen-bond donors (Lipinski definition) is 0. The average Bonchev–Trinajstić information content (AvgIpc) is 3.13. The Kier molecular flexibility index (Phi) is 4.83. The van der Waals surface area contributed by atoms with Gasteiger partial charge in [0.05, 0.1) is 11.3 Å². The van der Waals surface area contributed by atoms with Crippen LogP contribution in [0.25, 0.3) is 5.69 Å². The molecule has 1 aromatic heterocycles. The lowest BCUT2D eigenvalue weighted by Crippen LogP contribution is -2.58. The molecule has 2 heterocycles. The van der Waals surface area contributed by atoms with Gasteiger partial charge in [0.15, 0.2) is 0 Å². The fourth-order valence-electron chi connectivity index (χ4n) is 3.17. The SMILES string of the molecule is CC(C)CN1CCN(C(=O)c2ccccc2-n2cncn2)[C@H](C)C1=O. The van der Waals surface area contributed by atoms with Crippen molar-refractivity contribution in [2.24, 2.45) is 5.92 Å². The molecule has 0 unspecified atom stereocenters. The van der Waals surface area contributed by atoms with Gasteiger partial charge < -0.3 is 9.80 Å². The summed E-state index contributed by atoms with van der Waals surface area (Å²) in [5, 5.41) is 4.11. The Hall–Kier alpha value is -2.70. The third-order valence-electron chi connectivity index (χ3n) is 4.39. The summed E-state index contributed by atoms with van der Waals surface area (Å²) < 4.78 is 1.56. The molecule has 1 aliphatic rings. The van der Waals surface area contributed by atoms with E-state index in [0.717, 1.165) is 6.54 Å². The van der Waals surface area contributed by atoms with Crippen LogP contribution in [-0.2, 0) is 4.79 Å². The van der Waals surface area contributed by atoms with E-state index in [1.165, 1.54) is 6.33 Å². The molecule has 3 rings (SSSR count). The second-order valence-corrected chi connectivity index (χ2v) is 6.71. The molecule has 0 N–H and O–H groups in total. The van der Waals surface area contributed by atoms with Gasteiger partial charge in [-0.1, -0.05) is 26.0 Å². The number of carbonyl (C=O) groups is 2. The van der Waals surface area contributed by atoms with Crippen molar-refractivity contribution in [2.45, 2.75) is 26.8 Å². The number of nitrogens with zero attached hydrogens (tertiary/aromatic N) is 5. The molecule has 25 heavy (non-hydrogen) atoms. The zero-order chi connectivity index (χ0) is 18.0. The standard InChI is InChI=1S/C18H23N5O2/c1-13(2)10-21-8-9-22(14(3)17(21)24)18(25)15-6-4-5-7-16(15)23-12-19-11-20-23/h4-7,11-14H,8-10H2,1-3H3/t14-/m1/s1. The van der Waals surface area contributed by atoms with Crippen molar-refractivity contribution in [3.05, 3.63) is 42.5 Å². The van der Waals surface area contributed by atoms with Crippen LogP contribution in [0.2, 0.25) is 0 Å². The number of rotatable bonds is 4. The smallest absolute Gasteiger partial charge is 0.256 e. The van der Waals surface area contributed by atoms with Gasteiger partial charge in [-0.3, -0.25) is 9.59 Å². The fraction of sp³-hybridized carbons (Fsp3) is 0.444. The topological polar surface area (TPSA) is 71.3 Å². The monoisotopic (exact) mass is 341 g/mol. The molecule has 1 aliphatic heterocycles. The van der Waals surface area contributed by atoms with Gasteiger partial charge in [-0.05, 0) is 25.0 Å². The first-order valence-corrected chi connectivity index (χ1v) is 8.53. The maximum Gasteiger partial charge on any atom is 0.256 e. The second-order valence-electron chi connectivity index (χ2n) is 6.71. The van der Waals surface area contributed by atoms with Crippen LogP contribution in [0, 0.1) is 5.92 Å². The normalized spacial score (nSPS) is 18.1. The van der Waals surface area contributed by atoms with E-state index >= 15 is 0 Å². The zero-order valence-corrected chi connectivity index (χ0v) is 14.8. The molecule has 1 saturated heterocycles. The van der Waals surface area contributed by atoms with Crippen LogP contribution in [0.4, 0.5) is 0 Å².